The number of hydrogen-bond acceptors (Lipinski definition) is 3. The van der Waals surface area contributed by atoms with Crippen molar-refractivity contribution in [3.8, 4) is 11.5 Å². The molecule has 1 N–H and O–H groups in total. The molecule has 0 aromatic heterocycles. The minimum absolute atomic E-state index is 0.0308. The van der Waals surface area contributed by atoms with E-state index < -0.39 is 0 Å². The van der Waals surface area contributed by atoms with Gasteiger partial charge < -0.3 is 14.8 Å². The lowest BCUT2D eigenvalue weighted by Crippen LogP contribution is -2.42. The molecule has 0 saturated carbocycles. The topological polar surface area (TPSA) is 30.5 Å². The zero-order chi connectivity index (χ0) is 14.7. The van der Waals surface area contributed by atoms with Gasteiger partial charge in [-0.1, -0.05) is 31.2 Å². The van der Waals surface area contributed by atoms with Crippen LogP contribution in [0.3, 0.4) is 0 Å². The van der Waals surface area contributed by atoms with Crippen molar-refractivity contribution < 1.29 is 13.9 Å². The number of nitrogens with one attached hydrogen (secondary N) is 1. The molecule has 0 amide bonds. The summed E-state index contributed by atoms with van der Waals surface area (Å²) >= 11 is 0. The molecule has 3 rings (SSSR count). The largest absolute Gasteiger partial charge is 0.489 e. The predicted octanol–water partition coefficient (Wildman–Crippen LogP) is 3.32. The first kappa shape index (κ1) is 13.9. The SMILES string of the molecule is CCNC1c2ccccc2OCC1Oc1cccc(F)c1. The molecule has 21 heavy (non-hydrogen) atoms. The van der Waals surface area contributed by atoms with Gasteiger partial charge in [0.1, 0.15) is 23.9 Å². The van der Waals surface area contributed by atoms with Crippen LogP contribution in [0.2, 0.25) is 0 Å². The second-order valence-electron chi connectivity index (χ2n) is 5.00. The summed E-state index contributed by atoms with van der Waals surface area (Å²) in [6.45, 7) is 3.31. The van der Waals surface area contributed by atoms with Crippen LogP contribution in [-0.4, -0.2) is 19.3 Å². The highest BCUT2D eigenvalue weighted by molar-refractivity contribution is 5.39. The van der Waals surface area contributed by atoms with Gasteiger partial charge in [-0.25, -0.2) is 4.39 Å². The lowest BCUT2D eigenvalue weighted by molar-refractivity contribution is 0.0750. The van der Waals surface area contributed by atoms with E-state index in [4.69, 9.17) is 9.47 Å². The van der Waals surface area contributed by atoms with Crippen LogP contribution in [-0.2, 0) is 0 Å². The summed E-state index contributed by atoms with van der Waals surface area (Å²) in [7, 11) is 0. The van der Waals surface area contributed by atoms with Crippen molar-refractivity contribution in [2.75, 3.05) is 13.2 Å². The number of likely N-dealkylation sites (N-methyl/N-ethyl adjacent to an activating group) is 1. The van der Waals surface area contributed by atoms with Crippen LogP contribution in [0, 0.1) is 5.82 Å². The van der Waals surface area contributed by atoms with Gasteiger partial charge in [0, 0.05) is 11.6 Å². The molecule has 2 unspecified atom stereocenters. The minimum Gasteiger partial charge on any atom is -0.489 e. The Balaban J connectivity index is 1.85. The number of para-hydroxylation sites is 1. The third-order valence-corrected chi connectivity index (χ3v) is 3.54. The second-order valence-corrected chi connectivity index (χ2v) is 5.00. The lowest BCUT2D eigenvalue weighted by Gasteiger charge is -2.34. The third-order valence-electron chi connectivity index (χ3n) is 3.54. The summed E-state index contributed by atoms with van der Waals surface area (Å²) < 4.78 is 25.0. The van der Waals surface area contributed by atoms with Crippen molar-refractivity contribution in [1.29, 1.82) is 0 Å². The Morgan fingerprint density at radius 2 is 2.10 bits per heavy atom. The van der Waals surface area contributed by atoms with E-state index in [1.807, 2.05) is 24.3 Å². The molecule has 1 aliphatic heterocycles. The van der Waals surface area contributed by atoms with Gasteiger partial charge in [0.05, 0.1) is 6.04 Å². The molecule has 0 spiro atoms. The highest BCUT2D eigenvalue weighted by Crippen LogP contribution is 2.33. The van der Waals surface area contributed by atoms with Crippen molar-refractivity contribution in [1.82, 2.24) is 5.32 Å². The Morgan fingerprint density at radius 1 is 1.24 bits per heavy atom. The van der Waals surface area contributed by atoms with Gasteiger partial charge in [0.25, 0.3) is 0 Å². The summed E-state index contributed by atoms with van der Waals surface area (Å²) in [5, 5.41) is 3.43. The van der Waals surface area contributed by atoms with Crippen LogP contribution < -0.4 is 14.8 Å². The molecule has 0 fully saturated rings. The Hall–Kier alpha value is -2.07. The molecule has 0 bridgehead atoms. The third kappa shape index (κ3) is 3.00. The van der Waals surface area contributed by atoms with Gasteiger partial charge >= 0.3 is 0 Å². The molecule has 110 valence electrons. The highest BCUT2D eigenvalue weighted by Gasteiger charge is 2.31. The second kappa shape index (κ2) is 6.14. The van der Waals surface area contributed by atoms with Crippen molar-refractivity contribution in [2.45, 2.75) is 19.1 Å². The maximum absolute atomic E-state index is 13.3. The molecular weight excluding hydrogens is 269 g/mol. The summed E-state index contributed by atoms with van der Waals surface area (Å²) in [6.07, 6.45) is -0.193. The molecular formula is C17H18FNO2. The molecule has 2 atom stereocenters. The maximum atomic E-state index is 13.3. The molecule has 0 aliphatic carbocycles. The molecule has 2 aromatic carbocycles. The van der Waals surface area contributed by atoms with E-state index in [0.717, 1.165) is 17.9 Å². The van der Waals surface area contributed by atoms with E-state index in [-0.39, 0.29) is 18.0 Å². The van der Waals surface area contributed by atoms with Crippen molar-refractivity contribution >= 4 is 0 Å². The summed E-state index contributed by atoms with van der Waals surface area (Å²) in [5.41, 5.74) is 1.08. The Labute approximate surface area is 123 Å². The molecule has 1 aliphatic rings. The van der Waals surface area contributed by atoms with E-state index in [0.29, 0.717) is 12.4 Å². The van der Waals surface area contributed by atoms with E-state index in [9.17, 15) is 4.39 Å². The van der Waals surface area contributed by atoms with E-state index >= 15 is 0 Å². The summed E-state index contributed by atoms with van der Waals surface area (Å²) in [4.78, 5) is 0. The average molecular weight is 287 g/mol. The minimum atomic E-state index is -0.301. The number of benzene rings is 2. The Morgan fingerprint density at radius 3 is 2.90 bits per heavy atom. The highest BCUT2D eigenvalue weighted by atomic mass is 19.1. The Kier molecular flexibility index (Phi) is 4.06. The molecule has 4 heteroatoms. The summed E-state index contributed by atoms with van der Waals surface area (Å²) in [6, 6.07) is 14.2. The van der Waals surface area contributed by atoms with E-state index in [1.54, 1.807) is 12.1 Å². The number of halogens is 1. The normalized spacial score (nSPS) is 20.5. The van der Waals surface area contributed by atoms with Gasteiger partial charge in [-0.2, -0.15) is 0 Å². The van der Waals surface area contributed by atoms with Gasteiger partial charge in [-0.05, 0) is 24.7 Å². The van der Waals surface area contributed by atoms with Crippen LogP contribution in [0.5, 0.6) is 11.5 Å². The van der Waals surface area contributed by atoms with Crippen molar-refractivity contribution in [3.63, 3.8) is 0 Å². The smallest absolute Gasteiger partial charge is 0.152 e. The molecule has 3 nitrogen and oxygen atoms in total. The fourth-order valence-corrected chi connectivity index (χ4v) is 2.62. The molecule has 0 saturated heterocycles. The van der Waals surface area contributed by atoms with Crippen LogP contribution in [0.4, 0.5) is 4.39 Å². The van der Waals surface area contributed by atoms with Crippen LogP contribution in [0.1, 0.15) is 18.5 Å². The zero-order valence-corrected chi connectivity index (χ0v) is 11.9. The predicted molar refractivity (Wildman–Crippen MR) is 79.2 cm³/mol. The summed E-state index contributed by atoms with van der Waals surface area (Å²) in [5.74, 6) is 1.10. The van der Waals surface area contributed by atoms with Crippen LogP contribution in [0.15, 0.2) is 48.5 Å². The zero-order valence-electron chi connectivity index (χ0n) is 11.9. The van der Waals surface area contributed by atoms with Gasteiger partial charge in [-0.3, -0.25) is 0 Å². The first-order chi connectivity index (χ1) is 10.3. The van der Waals surface area contributed by atoms with E-state index in [2.05, 4.69) is 12.2 Å². The molecule has 1 heterocycles. The van der Waals surface area contributed by atoms with Crippen molar-refractivity contribution in [2.24, 2.45) is 0 Å². The monoisotopic (exact) mass is 287 g/mol. The fraction of sp³-hybridized carbons (Fsp3) is 0.294. The average Bonchev–Trinajstić information content (AvgIpc) is 2.50. The number of rotatable bonds is 4. The van der Waals surface area contributed by atoms with E-state index in [1.165, 1.54) is 12.1 Å². The molecule has 2 aromatic rings. The standard InChI is InChI=1S/C17H18FNO2/c1-2-19-17-14-8-3-4-9-15(14)20-11-16(17)21-13-7-5-6-12(18)10-13/h3-10,16-17,19H,2,11H2,1H3. The van der Waals surface area contributed by atoms with Crippen molar-refractivity contribution in [3.05, 3.63) is 59.9 Å². The number of hydrogen-bond donors (Lipinski definition) is 1. The number of ether oxygens (including phenoxy) is 2. The van der Waals surface area contributed by atoms with Gasteiger partial charge in [0.15, 0.2) is 6.10 Å². The lowest BCUT2D eigenvalue weighted by atomic mass is 9.98. The molecule has 0 radical (unpaired) electrons. The maximum Gasteiger partial charge on any atom is 0.152 e. The first-order valence-corrected chi connectivity index (χ1v) is 7.15. The van der Waals surface area contributed by atoms with Crippen LogP contribution in [0.25, 0.3) is 0 Å². The quantitative estimate of drug-likeness (QED) is 0.935. The van der Waals surface area contributed by atoms with Crippen LogP contribution >= 0.6 is 0 Å². The number of fused-ring (bicyclic) bond motifs is 1. The van der Waals surface area contributed by atoms with Gasteiger partial charge in [0.2, 0.25) is 0 Å². The van der Waals surface area contributed by atoms with Gasteiger partial charge in [-0.15, -0.1) is 0 Å². The first-order valence-electron chi connectivity index (χ1n) is 7.15. The Bertz CT molecular complexity index is 617. The fourth-order valence-electron chi connectivity index (χ4n) is 2.62.